The fourth-order valence-electron chi connectivity index (χ4n) is 2.68. The maximum atomic E-state index is 5.81. The lowest BCUT2D eigenvalue weighted by atomic mass is 10.1. The van der Waals surface area contributed by atoms with Gasteiger partial charge in [-0.05, 0) is 24.8 Å². The van der Waals surface area contributed by atoms with Gasteiger partial charge in [-0.3, -0.25) is 9.80 Å². The van der Waals surface area contributed by atoms with E-state index in [1.807, 2.05) is 18.4 Å². The molecule has 0 aliphatic carbocycles. The summed E-state index contributed by atoms with van der Waals surface area (Å²) >= 11 is 0. The average Bonchev–Trinajstić information content (AvgIpc) is 2.72. The smallest absolute Gasteiger partial charge is 0.169 e. The van der Waals surface area contributed by atoms with Gasteiger partial charge in [0.25, 0.3) is 0 Å². The second-order valence-electron chi connectivity index (χ2n) is 4.92. The van der Waals surface area contributed by atoms with Gasteiger partial charge in [-0.15, -0.1) is 0 Å². The van der Waals surface area contributed by atoms with Crippen LogP contribution in [0, 0.1) is 0 Å². The van der Waals surface area contributed by atoms with Crippen molar-refractivity contribution >= 4 is 0 Å². The number of para-hydroxylation sites is 1. The molecule has 0 radical (unpaired) electrons. The summed E-state index contributed by atoms with van der Waals surface area (Å²) in [5.74, 6) is 0.988. The molecule has 3 rings (SSSR count). The van der Waals surface area contributed by atoms with Gasteiger partial charge in [0.05, 0.1) is 0 Å². The van der Waals surface area contributed by atoms with Crippen molar-refractivity contribution in [1.82, 2.24) is 5.32 Å². The summed E-state index contributed by atoms with van der Waals surface area (Å²) in [6.45, 7) is 6.12. The number of rotatable bonds is 3. The zero-order valence-electron chi connectivity index (χ0n) is 10.7. The van der Waals surface area contributed by atoms with Crippen molar-refractivity contribution in [3.8, 4) is 5.75 Å². The summed E-state index contributed by atoms with van der Waals surface area (Å²) in [6.07, 6.45) is 6.33. The number of ether oxygens (including phenoxy) is 1. The third kappa shape index (κ3) is 1.85. The Kier molecular flexibility index (Phi) is 2.94. The summed E-state index contributed by atoms with van der Waals surface area (Å²) in [5.41, 5.74) is 2.54. The number of nitrogens with zero attached hydrogens (tertiary/aromatic N) is 1. The molecule has 1 unspecified atom stereocenters. The lowest BCUT2D eigenvalue weighted by molar-refractivity contribution is -0.895. The fourth-order valence-corrected chi connectivity index (χ4v) is 2.68. The molecular weight excluding hydrogens is 224 g/mol. The van der Waals surface area contributed by atoms with E-state index < -0.39 is 0 Å². The normalized spacial score (nSPS) is 24.8. The van der Waals surface area contributed by atoms with E-state index in [1.165, 1.54) is 11.3 Å². The third-order valence-corrected chi connectivity index (χ3v) is 3.71. The first-order valence-electron chi connectivity index (χ1n) is 6.53. The minimum Gasteiger partial charge on any atom is -0.458 e. The highest BCUT2D eigenvalue weighted by atomic mass is 16.5. The maximum absolute atomic E-state index is 5.81. The van der Waals surface area contributed by atoms with Crippen molar-refractivity contribution in [2.75, 3.05) is 19.8 Å². The number of benzene rings is 1. The minimum atomic E-state index is 0.921. The van der Waals surface area contributed by atoms with Gasteiger partial charge in [-0.1, -0.05) is 19.1 Å². The predicted molar refractivity (Wildman–Crippen MR) is 71.7 cm³/mol. The fraction of sp³-hybridized carbons (Fsp3) is 0.333. The molecule has 1 aromatic rings. The van der Waals surface area contributed by atoms with Crippen molar-refractivity contribution in [3.63, 3.8) is 0 Å². The van der Waals surface area contributed by atoms with E-state index >= 15 is 0 Å². The van der Waals surface area contributed by atoms with Gasteiger partial charge in [0.1, 0.15) is 25.5 Å². The number of nitrogens with one attached hydrogen (secondary N) is 1. The summed E-state index contributed by atoms with van der Waals surface area (Å²) in [4.78, 5) is 0. The van der Waals surface area contributed by atoms with Crippen LogP contribution in [0.4, 0.5) is 0 Å². The van der Waals surface area contributed by atoms with Crippen LogP contribution in [0.5, 0.6) is 5.75 Å². The molecule has 0 spiro atoms. The molecule has 94 valence electrons. The van der Waals surface area contributed by atoms with E-state index in [2.05, 4.69) is 36.5 Å². The Hall–Kier alpha value is -1.58. The van der Waals surface area contributed by atoms with E-state index in [-0.39, 0.29) is 0 Å². The van der Waals surface area contributed by atoms with Gasteiger partial charge in [0, 0.05) is 11.6 Å². The molecule has 18 heavy (non-hydrogen) atoms. The monoisotopic (exact) mass is 243 g/mol. The molecule has 1 atom stereocenters. The van der Waals surface area contributed by atoms with Crippen LogP contribution in [0.1, 0.15) is 12.5 Å². The van der Waals surface area contributed by atoms with Gasteiger partial charge < -0.3 is 4.74 Å². The van der Waals surface area contributed by atoms with Crippen LogP contribution in [-0.2, 0) is 6.54 Å². The van der Waals surface area contributed by atoms with Gasteiger partial charge in [-0.25, -0.2) is 0 Å². The van der Waals surface area contributed by atoms with Gasteiger partial charge in [0.2, 0.25) is 0 Å². The standard InChI is InChI=1S/C15H19N2O/c1-2-16-12-17-9-5-7-14(17)11-18-15-8-4-3-6-13(15)10-17/h3-8,11,16H,2,9-10,12H2,1H3/q+1. The van der Waals surface area contributed by atoms with Crippen LogP contribution in [0.15, 0.2) is 48.4 Å². The highest BCUT2D eigenvalue weighted by Gasteiger charge is 2.37. The molecule has 0 saturated carbocycles. The molecule has 0 fully saturated rings. The van der Waals surface area contributed by atoms with E-state index in [0.29, 0.717) is 0 Å². The van der Waals surface area contributed by atoms with Crippen LogP contribution in [0.2, 0.25) is 0 Å². The van der Waals surface area contributed by atoms with Gasteiger partial charge in [-0.2, -0.15) is 0 Å². The molecule has 0 amide bonds. The van der Waals surface area contributed by atoms with E-state index in [1.54, 1.807) is 0 Å². The summed E-state index contributed by atoms with van der Waals surface area (Å²) in [5, 5.41) is 3.47. The number of hydrogen-bond acceptors (Lipinski definition) is 2. The highest BCUT2D eigenvalue weighted by molar-refractivity contribution is 5.35. The first kappa shape index (κ1) is 11.5. The van der Waals surface area contributed by atoms with Crippen molar-refractivity contribution in [2.24, 2.45) is 0 Å². The van der Waals surface area contributed by atoms with Crippen molar-refractivity contribution in [3.05, 3.63) is 53.9 Å². The minimum absolute atomic E-state index is 0.921. The van der Waals surface area contributed by atoms with E-state index in [4.69, 9.17) is 4.74 Å². The van der Waals surface area contributed by atoms with Crippen LogP contribution in [0.3, 0.4) is 0 Å². The van der Waals surface area contributed by atoms with Crippen molar-refractivity contribution < 1.29 is 9.22 Å². The van der Waals surface area contributed by atoms with Crippen molar-refractivity contribution in [1.29, 1.82) is 0 Å². The molecule has 3 nitrogen and oxygen atoms in total. The molecule has 0 aromatic heterocycles. The predicted octanol–water partition coefficient (Wildman–Crippen LogP) is 2.37. The number of quaternary nitrogens is 1. The zero-order valence-corrected chi connectivity index (χ0v) is 10.7. The Labute approximate surface area is 108 Å². The van der Waals surface area contributed by atoms with Crippen LogP contribution < -0.4 is 10.1 Å². The van der Waals surface area contributed by atoms with Crippen LogP contribution in [-0.4, -0.2) is 24.2 Å². The lowest BCUT2D eigenvalue weighted by Gasteiger charge is -2.33. The van der Waals surface area contributed by atoms with Crippen LogP contribution in [0.25, 0.3) is 0 Å². The molecule has 0 saturated heterocycles. The third-order valence-electron chi connectivity index (χ3n) is 3.71. The van der Waals surface area contributed by atoms with E-state index in [9.17, 15) is 0 Å². The Morgan fingerprint density at radius 3 is 3.11 bits per heavy atom. The Balaban J connectivity index is 1.97. The van der Waals surface area contributed by atoms with Crippen LogP contribution >= 0.6 is 0 Å². The summed E-state index contributed by atoms with van der Waals surface area (Å²) in [7, 11) is 0. The van der Waals surface area contributed by atoms with Gasteiger partial charge in [0.15, 0.2) is 12.0 Å². The number of hydrogen-bond donors (Lipinski definition) is 1. The highest BCUT2D eigenvalue weighted by Crippen LogP contribution is 2.34. The van der Waals surface area contributed by atoms with Crippen molar-refractivity contribution in [2.45, 2.75) is 13.5 Å². The first-order valence-corrected chi connectivity index (χ1v) is 6.53. The summed E-state index contributed by atoms with van der Waals surface area (Å²) in [6, 6.07) is 8.32. The second-order valence-corrected chi connectivity index (χ2v) is 4.92. The van der Waals surface area contributed by atoms with E-state index in [0.717, 1.165) is 36.5 Å². The summed E-state index contributed by atoms with van der Waals surface area (Å²) < 4.78 is 6.73. The number of allylic oxidation sites excluding steroid dienone is 1. The Morgan fingerprint density at radius 1 is 1.33 bits per heavy atom. The SMILES string of the molecule is CCNC[N+]12CC=CC1=COc1ccccc1C2. The molecule has 3 heteroatoms. The largest absolute Gasteiger partial charge is 0.458 e. The molecular formula is C15H19N2O+. The quantitative estimate of drug-likeness (QED) is 0.823. The van der Waals surface area contributed by atoms with Gasteiger partial charge >= 0.3 is 0 Å². The zero-order chi connectivity index (χ0) is 12.4. The molecule has 1 aromatic carbocycles. The molecule has 0 bridgehead atoms. The molecule has 2 aliphatic heterocycles. The average molecular weight is 243 g/mol. The molecule has 2 aliphatic rings. The second kappa shape index (κ2) is 4.59. The molecule has 2 heterocycles. The first-order chi connectivity index (χ1) is 8.84. The topological polar surface area (TPSA) is 21.3 Å². The maximum Gasteiger partial charge on any atom is 0.169 e. The Morgan fingerprint density at radius 2 is 2.22 bits per heavy atom. The Bertz CT molecular complexity index is 507. The lowest BCUT2D eigenvalue weighted by Crippen LogP contribution is -2.49. The molecule has 1 N–H and O–H groups in total. The number of fused-ring (bicyclic) bond motifs is 2.